The van der Waals surface area contributed by atoms with Gasteiger partial charge in [0.25, 0.3) is 5.91 Å². The Morgan fingerprint density at radius 3 is 2.64 bits per heavy atom. The molecule has 132 valence electrons. The summed E-state index contributed by atoms with van der Waals surface area (Å²) in [5.41, 5.74) is 2.59. The van der Waals surface area contributed by atoms with Gasteiger partial charge in [-0.05, 0) is 23.8 Å². The molecule has 25 heavy (non-hydrogen) atoms. The average molecular weight is 340 g/mol. The molecule has 1 saturated heterocycles. The molecule has 5 heteroatoms. The van der Waals surface area contributed by atoms with Crippen molar-refractivity contribution in [2.45, 2.75) is 0 Å². The van der Waals surface area contributed by atoms with Crippen LogP contribution in [0.4, 0.5) is 0 Å². The Balaban J connectivity index is 1.66. The molecule has 0 aliphatic carbocycles. The van der Waals surface area contributed by atoms with Crippen molar-refractivity contribution in [2.75, 3.05) is 46.5 Å². The van der Waals surface area contributed by atoms with Crippen LogP contribution in [0.2, 0.25) is 0 Å². The summed E-state index contributed by atoms with van der Waals surface area (Å²) in [6.45, 7) is 4.87. The summed E-state index contributed by atoms with van der Waals surface area (Å²) in [5.74, 6) is 0.698. The van der Waals surface area contributed by atoms with Crippen molar-refractivity contribution >= 4 is 5.91 Å². The second-order valence-electron chi connectivity index (χ2n) is 5.99. The van der Waals surface area contributed by atoms with E-state index in [1.807, 2.05) is 42.5 Å². The van der Waals surface area contributed by atoms with Crippen LogP contribution in [0.15, 0.2) is 48.5 Å². The zero-order valence-electron chi connectivity index (χ0n) is 14.5. The van der Waals surface area contributed by atoms with Crippen molar-refractivity contribution < 1.29 is 14.3 Å². The second kappa shape index (κ2) is 8.65. The van der Waals surface area contributed by atoms with Crippen LogP contribution >= 0.6 is 0 Å². The zero-order chi connectivity index (χ0) is 17.5. The molecule has 2 aromatic carbocycles. The van der Waals surface area contributed by atoms with E-state index in [-0.39, 0.29) is 5.91 Å². The predicted octanol–water partition coefficient (Wildman–Crippen LogP) is 2.42. The molecule has 0 saturated carbocycles. The maximum atomic E-state index is 12.5. The van der Waals surface area contributed by atoms with Gasteiger partial charge in [-0.3, -0.25) is 9.69 Å². The van der Waals surface area contributed by atoms with Gasteiger partial charge in [0.15, 0.2) is 0 Å². The standard InChI is InChI=1S/C20H24N2O3/c1-24-19-8-7-17(15-18(19)16-5-3-2-4-6-16)20(23)21-9-10-22-11-13-25-14-12-22/h2-8,15H,9-14H2,1H3,(H,21,23). The Labute approximate surface area is 148 Å². The molecule has 0 atom stereocenters. The van der Waals surface area contributed by atoms with Crippen molar-refractivity contribution in [2.24, 2.45) is 0 Å². The summed E-state index contributed by atoms with van der Waals surface area (Å²) in [7, 11) is 1.64. The number of morpholine rings is 1. The highest BCUT2D eigenvalue weighted by atomic mass is 16.5. The molecule has 0 aromatic heterocycles. The van der Waals surface area contributed by atoms with E-state index in [0.717, 1.165) is 49.7 Å². The maximum absolute atomic E-state index is 12.5. The number of ether oxygens (including phenoxy) is 2. The van der Waals surface area contributed by atoms with E-state index in [1.165, 1.54) is 0 Å². The van der Waals surface area contributed by atoms with Gasteiger partial charge in [0.05, 0.1) is 20.3 Å². The van der Waals surface area contributed by atoms with Crippen LogP contribution in [-0.2, 0) is 4.74 Å². The van der Waals surface area contributed by atoms with Crippen LogP contribution in [0.3, 0.4) is 0 Å². The third-order valence-corrected chi connectivity index (χ3v) is 4.36. The summed E-state index contributed by atoms with van der Waals surface area (Å²) >= 11 is 0. The molecule has 1 fully saturated rings. The smallest absolute Gasteiger partial charge is 0.251 e. The molecule has 5 nitrogen and oxygen atoms in total. The van der Waals surface area contributed by atoms with E-state index in [0.29, 0.717) is 12.1 Å². The van der Waals surface area contributed by atoms with Crippen molar-refractivity contribution in [3.05, 3.63) is 54.1 Å². The number of hydrogen-bond acceptors (Lipinski definition) is 4. The maximum Gasteiger partial charge on any atom is 0.251 e. The van der Waals surface area contributed by atoms with Gasteiger partial charge < -0.3 is 14.8 Å². The topological polar surface area (TPSA) is 50.8 Å². The van der Waals surface area contributed by atoms with E-state index < -0.39 is 0 Å². The quantitative estimate of drug-likeness (QED) is 0.877. The average Bonchev–Trinajstić information content (AvgIpc) is 2.69. The molecule has 0 bridgehead atoms. The minimum absolute atomic E-state index is 0.0620. The normalized spacial score (nSPS) is 14.9. The van der Waals surface area contributed by atoms with Gasteiger partial charge in [0.2, 0.25) is 0 Å². The second-order valence-corrected chi connectivity index (χ2v) is 5.99. The Morgan fingerprint density at radius 2 is 1.92 bits per heavy atom. The summed E-state index contributed by atoms with van der Waals surface area (Å²) < 4.78 is 10.8. The van der Waals surface area contributed by atoms with Crippen molar-refractivity contribution in [1.82, 2.24) is 10.2 Å². The predicted molar refractivity (Wildman–Crippen MR) is 98.0 cm³/mol. The first-order chi connectivity index (χ1) is 12.3. The number of rotatable bonds is 6. The molecule has 1 N–H and O–H groups in total. The fourth-order valence-corrected chi connectivity index (χ4v) is 2.95. The van der Waals surface area contributed by atoms with Gasteiger partial charge in [-0.15, -0.1) is 0 Å². The van der Waals surface area contributed by atoms with Crippen molar-refractivity contribution in [3.8, 4) is 16.9 Å². The molecule has 1 aliphatic heterocycles. The third-order valence-electron chi connectivity index (χ3n) is 4.36. The molecule has 1 amide bonds. The zero-order valence-corrected chi connectivity index (χ0v) is 14.5. The minimum atomic E-state index is -0.0620. The molecule has 0 spiro atoms. The Kier molecular flexibility index (Phi) is 6.04. The molecule has 1 heterocycles. The molecule has 3 rings (SSSR count). The van der Waals surface area contributed by atoms with Gasteiger partial charge in [-0.1, -0.05) is 30.3 Å². The highest BCUT2D eigenvalue weighted by molar-refractivity contribution is 5.96. The summed E-state index contributed by atoms with van der Waals surface area (Å²) in [5, 5.41) is 3.00. The van der Waals surface area contributed by atoms with Crippen molar-refractivity contribution in [3.63, 3.8) is 0 Å². The monoisotopic (exact) mass is 340 g/mol. The fraction of sp³-hybridized carbons (Fsp3) is 0.350. The molecule has 0 radical (unpaired) electrons. The Bertz CT molecular complexity index is 697. The van der Waals surface area contributed by atoms with E-state index in [4.69, 9.17) is 9.47 Å². The van der Waals surface area contributed by atoms with Crippen molar-refractivity contribution in [1.29, 1.82) is 0 Å². The van der Waals surface area contributed by atoms with E-state index in [1.54, 1.807) is 13.2 Å². The van der Waals surface area contributed by atoms with Crippen LogP contribution in [0.1, 0.15) is 10.4 Å². The summed E-state index contributed by atoms with van der Waals surface area (Å²) in [4.78, 5) is 14.8. The van der Waals surface area contributed by atoms with Gasteiger partial charge in [-0.2, -0.15) is 0 Å². The summed E-state index contributed by atoms with van der Waals surface area (Å²) in [6.07, 6.45) is 0. The number of nitrogens with zero attached hydrogens (tertiary/aromatic N) is 1. The van der Waals surface area contributed by atoms with Gasteiger partial charge in [0, 0.05) is 37.3 Å². The van der Waals surface area contributed by atoms with E-state index >= 15 is 0 Å². The lowest BCUT2D eigenvalue weighted by Gasteiger charge is -2.26. The molecular weight excluding hydrogens is 316 g/mol. The lowest BCUT2D eigenvalue weighted by molar-refractivity contribution is 0.0383. The van der Waals surface area contributed by atoms with Crippen LogP contribution in [0.5, 0.6) is 5.75 Å². The number of hydrogen-bond donors (Lipinski definition) is 1. The lowest BCUT2D eigenvalue weighted by atomic mass is 10.0. The Hall–Kier alpha value is -2.37. The van der Waals surface area contributed by atoms with Crippen LogP contribution < -0.4 is 10.1 Å². The first-order valence-corrected chi connectivity index (χ1v) is 8.59. The van der Waals surface area contributed by atoms with Crippen LogP contribution in [-0.4, -0.2) is 57.3 Å². The highest BCUT2D eigenvalue weighted by Crippen LogP contribution is 2.30. The van der Waals surface area contributed by atoms with Crippen LogP contribution in [0.25, 0.3) is 11.1 Å². The SMILES string of the molecule is COc1ccc(C(=O)NCCN2CCOCC2)cc1-c1ccccc1. The van der Waals surface area contributed by atoms with Gasteiger partial charge in [-0.25, -0.2) is 0 Å². The number of benzene rings is 2. The molecule has 1 aliphatic rings. The fourth-order valence-electron chi connectivity index (χ4n) is 2.95. The highest BCUT2D eigenvalue weighted by Gasteiger charge is 2.13. The molecular formula is C20H24N2O3. The van der Waals surface area contributed by atoms with Gasteiger partial charge >= 0.3 is 0 Å². The van der Waals surface area contributed by atoms with E-state index in [9.17, 15) is 4.79 Å². The minimum Gasteiger partial charge on any atom is -0.496 e. The largest absolute Gasteiger partial charge is 0.496 e. The number of nitrogens with one attached hydrogen (secondary N) is 1. The number of carbonyl (C=O) groups is 1. The lowest BCUT2D eigenvalue weighted by Crippen LogP contribution is -2.41. The third kappa shape index (κ3) is 4.59. The number of methoxy groups -OCH3 is 1. The molecule has 0 unspecified atom stereocenters. The Morgan fingerprint density at radius 1 is 1.16 bits per heavy atom. The summed E-state index contributed by atoms with van der Waals surface area (Å²) in [6, 6.07) is 15.5. The number of amides is 1. The molecule has 2 aromatic rings. The first kappa shape index (κ1) is 17.5. The van der Waals surface area contributed by atoms with Crippen LogP contribution in [0, 0.1) is 0 Å². The first-order valence-electron chi connectivity index (χ1n) is 8.59. The van der Waals surface area contributed by atoms with Gasteiger partial charge in [0.1, 0.15) is 5.75 Å². The van der Waals surface area contributed by atoms with E-state index in [2.05, 4.69) is 10.2 Å². The number of carbonyl (C=O) groups excluding carboxylic acids is 1.